The summed E-state index contributed by atoms with van der Waals surface area (Å²) in [7, 11) is 0. The fourth-order valence-electron chi connectivity index (χ4n) is 3.96. The minimum atomic E-state index is -0.147. The molecule has 0 aliphatic carbocycles. The second-order valence-corrected chi connectivity index (χ2v) is 8.26. The Morgan fingerprint density at radius 3 is 2.33 bits per heavy atom. The number of piperazine rings is 1. The summed E-state index contributed by atoms with van der Waals surface area (Å²) in [5, 5.41) is 3.03. The van der Waals surface area contributed by atoms with E-state index in [2.05, 4.69) is 10.2 Å². The molecule has 1 aliphatic rings. The van der Waals surface area contributed by atoms with Gasteiger partial charge < -0.3 is 19.4 Å². The van der Waals surface area contributed by atoms with E-state index in [-0.39, 0.29) is 18.4 Å². The summed E-state index contributed by atoms with van der Waals surface area (Å²) < 4.78 is 11.3. The van der Waals surface area contributed by atoms with Crippen molar-refractivity contribution in [2.45, 2.75) is 20.5 Å². The zero-order valence-corrected chi connectivity index (χ0v) is 19.0. The van der Waals surface area contributed by atoms with E-state index in [1.165, 1.54) is 6.26 Å². The highest BCUT2D eigenvalue weighted by Gasteiger charge is 2.27. The molecule has 2 amide bonds. The number of amides is 2. The Morgan fingerprint density at radius 1 is 0.939 bits per heavy atom. The van der Waals surface area contributed by atoms with Gasteiger partial charge in [0.25, 0.3) is 5.91 Å². The Bertz CT molecular complexity index is 1080. The molecule has 2 heterocycles. The molecule has 0 saturated carbocycles. The van der Waals surface area contributed by atoms with Crippen molar-refractivity contribution in [3.8, 4) is 5.75 Å². The molecule has 1 saturated heterocycles. The molecule has 1 N–H and O–H groups in total. The Kier molecular flexibility index (Phi) is 7.10. The fourth-order valence-corrected chi connectivity index (χ4v) is 3.96. The highest BCUT2D eigenvalue weighted by atomic mass is 16.5. The summed E-state index contributed by atoms with van der Waals surface area (Å²) >= 11 is 0. The predicted octanol–water partition coefficient (Wildman–Crippen LogP) is 3.87. The van der Waals surface area contributed by atoms with Crippen LogP contribution in [0.1, 0.15) is 27.2 Å². The summed E-state index contributed by atoms with van der Waals surface area (Å²) in [6, 6.07) is 17.2. The van der Waals surface area contributed by atoms with Gasteiger partial charge in [0.2, 0.25) is 5.91 Å². The monoisotopic (exact) mass is 447 g/mol. The van der Waals surface area contributed by atoms with Gasteiger partial charge in [-0.3, -0.25) is 14.5 Å². The van der Waals surface area contributed by atoms with E-state index in [0.717, 1.165) is 28.1 Å². The van der Waals surface area contributed by atoms with Crippen molar-refractivity contribution >= 4 is 17.5 Å². The van der Waals surface area contributed by atoms with Crippen LogP contribution in [0.25, 0.3) is 0 Å². The molecular weight excluding hydrogens is 418 g/mol. The minimum Gasteiger partial charge on any atom is -0.489 e. The van der Waals surface area contributed by atoms with Gasteiger partial charge in [0.1, 0.15) is 12.4 Å². The Morgan fingerprint density at radius 2 is 1.64 bits per heavy atom. The van der Waals surface area contributed by atoms with Crippen molar-refractivity contribution in [1.82, 2.24) is 9.80 Å². The molecule has 33 heavy (non-hydrogen) atoms. The molecular formula is C26H29N3O4. The van der Waals surface area contributed by atoms with Crippen molar-refractivity contribution in [1.29, 1.82) is 0 Å². The highest BCUT2D eigenvalue weighted by Crippen LogP contribution is 2.20. The lowest BCUT2D eigenvalue weighted by atomic mass is 10.1. The number of hydrogen-bond acceptors (Lipinski definition) is 5. The van der Waals surface area contributed by atoms with Gasteiger partial charge in [0, 0.05) is 37.4 Å². The van der Waals surface area contributed by atoms with E-state index in [4.69, 9.17) is 9.15 Å². The molecule has 1 aliphatic heterocycles. The van der Waals surface area contributed by atoms with Gasteiger partial charge >= 0.3 is 0 Å². The number of ether oxygens (including phenoxy) is 1. The zero-order chi connectivity index (χ0) is 23.2. The van der Waals surface area contributed by atoms with E-state index in [1.807, 2.05) is 62.4 Å². The molecule has 1 aromatic heterocycles. The van der Waals surface area contributed by atoms with E-state index < -0.39 is 0 Å². The number of hydrogen-bond donors (Lipinski definition) is 1. The molecule has 7 nitrogen and oxygen atoms in total. The highest BCUT2D eigenvalue weighted by molar-refractivity contribution is 5.94. The first-order valence-corrected chi connectivity index (χ1v) is 11.1. The Hall–Kier alpha value is -3.58. The van der Waals surface area contributed by atoms with Crippen LogP contribution < -0.4 is 10.1 Å². The molecule has 0 spiro atoms. The summed E-state index contributed by atoms with van der Waals surface area (Å²) in [6.45, 7) is 6.86. The number of anilines is 1. The number of carbonyl (C=O) groups is 2. The molecule has 1 fully saturated rings. The van der Waals surface area contributed by atoms with Gasteiger partial charge in [-0.15, -0.1) is 0 Å². The molecule has 4 rings (SSSR count). The lowest BCUT2D eigenvalue weighted by Gasteiger charge is -2.34. The van der Waals surface area contributed by atoms with Crippen LogP contribution >= 0.6 is 0 Å². The van der Waals surface area contributed by atoms with Crippen molar-refractivity contribution in [2.24, 2.45) is 0 Å². The second-order valence-electron chi connectivity index (χ2n) is 8.26. The third-order valence-electron chi connectivity index (χ3n) is 5.85. The molecule has 172 valence electrons. The average molecular weight is 448 g/mol. The van der Waals surface area contributed by atoms with Crippen LogP contribution in [0.3, 0.4) is 0 Å². The van der Waals surface area contributed by atoms with Crippen LogP contribution in [-0.2, 0) is 11.4 Å². The van der Waals surface area contributed by atoms with Crippen LogP contribution in [0.2, 0.25) is 0 Å². The van der Waals surface area contributed by atoms with E-state index >= 15 is 0 Å². The normalized spacial score (nSPS) is 14.2. The SMILES string of the molecule is Cc1cccc(C)c1NC(=O)CN1CCN(C(=O)c2occc2COc2ccccc2)CC1. The lowest BCUT2D eigenvalue weighted by Crippen LogP contribution is -2.50. The van der Waals surface area contributed by atoms with Crippen molar-refractivity contribution in [2.75, 3.05) is 38.0 Å². The number of benzene rings is 2. The van der Waals surface area contributed by atoms with Crippen LogP contribution in [0.4, 0.5) is 5.69 Å². The van der Waals surface area contributed by atoms with Gasteiger partial charge in [0.05, 0.1) is 12.8 Å². The molecule has 0 bridgehead atoms. The van der Waals surface area contributed by atoms with E-state index in [9.17, 15) is 9.59 Å². The van der Waals surface area contributed by atoms with Crippen LogP contribution in [0.15, 0.2) is 65.3 Å². The number of rotatable bonds is 7. The number of carbonyl (C=O) groups excluding carboxylic acids is 2. The van der Waals surface area contributed by atoms with Crippen LogP contribution in [-0.4, -0.2) is 54.3 Å². The van der Waals surface area contributed by atoms with Crippen molar-refractivity contribution in [3.05, 3.63) is 83.3 Å². The third kappa shape index (κ3) is 5.62. The fraction of sp³-hybridized carbons (Fsp3) is 0.308. The maximum absolute atomic E-state index is 13.0. The third-order valence-corrected chi connectivity index (χ3v) is 5.85. The van der Waals surface area contributed by atoms with Crippen molar-refractivity contribution < 1.29 is 18.7 Å². The maximum atomic E-state index is 13.0. The quantitative estimate of drug-likeness (QED) is 0.595. The first-order valence-electron chi connectivity index (χ1n) is 11.1. The second kappa shape index (κ2) is 10.4. The van der Waals surface area contributed by atoms with Gasteiger partial charge in [-0.1, -0.05) is 36.4 Å². The average Bonchev–Trinajstić information content (AvgIpc) is 3.29. The number of nitrogens with zero attached hydrogens (tertiary/aromatic N) is 2. The number of nitrogens with one attached hydrogen (secondary N) is 1. The van der Waals surface area contributed by atoms with Gasteiger partial charge in [-0.25, -0.2) is 0 Å². The summed E-state index contributed by atoms with van der Waals surface area (Å²) in [4.78, 5) is 29.4. The van der Waals surface area contributed by atoms with E-state index in [1.54, 1.807) is 11.0 Å². The lowest BCUT2D eigenvalue weighted by molar-refractivity contribution is -0.117. The summed E-state index contributed by atoms with van der Waals surface area (Å²) in [6.07, 6.45) is 1.52. The van der Waals surface area contributed by atoms with Gasteiger partial charge in [-0.05, 0) is 43.2 Å². The number of aryl methyl sites for hydroxylation is 2. The Labute approximate surface area is 193 Å². The molecule has 7 heteroatoms. The van der Waals surface area contributed by atoms with E-state index in [0.29, 0.717) is 38.5 Å². The summed E-state index contributed by atoms with van der Waals surface area (Å²) in [5.41, 5.74) is 3.69. The number of furan rings is 1. The van der Waals surface area contributed by atoms with Gasteiger partial charge in [0.15, 0.2) is 5.76 Å². The molecule has 3 aromatic rings. The minimum absolute atomic E-state index is 0.0430. The standard InChI is InChI=1S/C26H29N3O4/c1-19-7-6-8-20(2)24(19)27-23(30)17-28-12-14-29(15-13-28)26(31)25-21(11-16-32-25)18-33-22-9-4-3-5-10-22/h3-11,16H,12-15,17-18H2,1-2H3,(H,27,30). The Balaban J connectivity index is 1.28. The predicted molar refractivity (Wildman–Crippen MR) is 126 cm³/mol. The number of para-hydroxylation sites is 2. The molecule has 2 aromatic carbocycles. The first-order chi connectivity index (χ1) is 16.0. The zero-order valence-electron chi connectivity index (χ0n) is 19.0. The smallest absolute Gasteiger partial charge is 0.290 e. The summed E-state index contributed by atoms with van der Waals surface area (Å²) in [5.74, 6) is 0.863. The van der Waals surface area contributed by atoms with Gasteiger partial charge in [-0.2, -0.15) is 0 Å². The largest absolute Gasteiger partial charge is 0.489 e. The van der Waals surface area contributed by atoms with Crippen molar-refractivity contribution in [3.63, 3.8) is 0 Å². The van der Waals surface area contributed by atoms with Crippen LogP contribution in [0, 0.1) is 13.8 Å². The maximum Gasteiger partial charge on any atom is 0.290 e. The molecule has 0 atom stereocenters. The molecule has 0 unspecified atom stereocenters. The topological polar surface area (TPSA) is 75.0 Å². The van der Waals surface area contributed by atoms with Crippen LogP contribution in [0.5, 0.6) is 5.75 Å². The first kappa shape index (κ1) is 22.6. The molecule has 0 radical (unpaired) electrons.